The molecule has 2 unspecified atom stereocenters. The fraction of sp³-hybridized carbons (Fsp3) is 0.200. The summed E-state index contributed by atoms with van der Waals surface area (Å²) < 4.78 is 53.2. The summed E-state index contributed by atoms with van der Waals surface area (Å²) in [5.74, 6) is -0.780. The lowest BCUT2D eigenvalue weighted by Gasteiger charge is -2.35. The molecule has 5 rings (SSSR count). The lowest BCUT2D eigenvalue weighted by atomic mass is 9.81. The second-order valence-corrected chi connectivity index (χ2v) is 10.4. The van der Waals surface area contributed by atoms with Crippen LogP contribution in [0, 0.1) is 11.8 Å². The summed E-state index contributed by atoms with van der Waals surface area (Å²) in [5, 5.41) is 0. The highest BCUT2D eigenvalue weighted by Crippen LogP contribution is 2.48. The largest absolute Gasteiger partial charge is 0.219 e. The second kappa shape index (κ2) is 6.21. The van der Waals surface area contributed by atoms with E-state index in [0.29, 0.717) is 12.8 Å². The van der Waals surface area contributed by atoms with Gasteiger partial charge in [-0.3, -0.25) is 0 Å². The standard InChI is InChI=1S/C20H18O4S2/c21-25(22,17-7-3-1-4-8-17)19-15-11-13-16(14-12-15)20(19)26(23,24)18-9-5-2-6-10-18/h1-11,13,15-16H,12,14H2. The van der Waals surface area contributed by atoms with Crippen LogP contribution >= 0.6 is 0 Å². The molecule has 0 aromatic heterocycles. The van der Waals surface area contributed by atoms with Gasteiger partial charge in [-0.15, -0.1) is 0 Å². The average molecular weight is 386 g/mol. The molecule has 0 spiro atoms. The van der Waals surface area contributed by atoms with Crippen molar-refractivity contribution in [1.29, 1.82) is 0 Å². The molecule has 0 amide bonds. The monoisotopic (exact) mass is 386 g/mol. The van der Waals surface area contributed by atoms with Gasteiger partial charge in [-0.25, -0.2) is 16.8 Å². The van der Waals surface area contributed by atoms with Crippen LogP contribution in [0.1, 0.15) is 12.8 Å². The molecule has 6 heteroatoms. The van der Waals surface area contributed by atoms with Crippen molar-refractivity contribution < 1.29 is 16.8 Å². The number of allylic oxidation sites excluding steroid dienone is 4. The van der Waals surface area contributed by atoms with E-state index in [-0.39, 0.29) is 19.6 Å². The molecule has 0 saturated heterocycles. The zero-order valence-corrected chi connectivity index (χ0v) is 15.6. The SMILES string of the molecule is O=S(=O)(C1=C(S(=O)(=O)c2ccccc2)C2C=CC1CC2)c1ccccc1. The predicted molar refractivity (Wildman–Crippen MR) is 99.6 cm³/mol. The summed E-state index contributed by atoms with van der Waals surface area (Å²) in [6.07, 6.45) is 4.98. The number of hydrogen-bond donors (Lipinski definition) is 0. The third-order valence-corrected chi connectivity index (χ3v) is 9.08. The second-order valence-electron chi connectivity index (χ2n) is 6.54. The van der Waals surface area contributed by atoms with Gasteiger partial charge in [-0.2, -0.15) is 0 Å². The maximum atomic E-state index is 13.3. The first-order valence-corrected chi connectivity index (χ1v) is 11.4. The summed E-state index contributed by atoms with van der Waals surface area (Å²) in [5.41, 5.74) is 0. The molecule has 2 atom stereocenters. The average Bonchev–Trinajstić information content (AvgIpc) is 2.69. The Labute approximate surface area is 153 Å². The number of benzene rings is 2. The Hall–Kier alpha value is -2.18. The molecule has 134 valence electrons. The van der Waals surface area contributed by atoms with E-state index in [1.165, 1.54) is 24.3 Å². The van der Waals surface area contributed by atoms with Crippen LogP contribution in [0.4, 0.5) is 0 Å². The van der Waals surface area contributed by atoms with E-state index in [1.54, 1.807) is 36.4 Å². The fourth-order valence-electron chi connectivity index (χ4n) is 3.74. The van der Waals surface area contributed by atoms with Crippen molar-refractivity contribution in [2.45, 2.75) is 22.6 Å². The van der Waals surface area contributed by atoms with Gasteiger partial charge in [0.1, 0.15) is 0 Å². The van der Waals surface area contributed by atoms with Crippen molar-refractivity contribution in [1.82, 2.24) is 0 Å². The van der Waals surface area contributed by atoms with Crippen LogP contribution < -0.4 is 0 Å². The van der Waals surface area contributed by atoms with Crippen molar-refractivity contribution in [2.24, 2.45) is 11.8 Å². The smallest absolute Gasteiger partial charge is 0.204 e. The minimum Gasteiger partial charge on any atom is -0.219 e. The first-order valence-electron chi connectivity index (χ1n) is 8.45. The van der Waals surface area contributed by atoms with E-state index in [2.05, 4.69) is 0 Å². The molecular weight excluding hydrogens is 368 g/mol. The molecule has 2 aromatic carbocycles. The minimum absolute atomic E-state index is 0.0475. The van der Waals surface area contributed by atoms with Gasteiger partial charge in [0.15, 0.2) is 0 Å². The molecular formula is C20H18O4S2. The summed E-state index contributed by atoms with van der Waals surface area (Å²) in [6.45, 7) is 0. The third-order valence-electron chi connectivity index (χ3n) is 4.97. The van der Waals surface area contributed by atoms with Gasteiger partial charge in [0.25, 0.3) is 0 Å². The van der Waals surface area contributed by atoms with Crippen molar-refractivity contribution in [2.75, 3.05) is 0 Å². The molecule has 0 N–H and O–H groups in total. The zero-order valence-electron chi connectivity index (χ0n) is 13.9. The summed E-state index contributed by atoms with van der Waals surface area (Å²) in [4.78, 5) is 0.367. The lowest BCUT2D eigenvalue weighted by Crippen LogP contribution is -2.30. The predicted octanol–water partition coefficient (Wildman–Crippen LogP) is 3.74. The van der Waals surface area contributed by atoms with Crippen molar-refractivity contribution in [3.8, 4) is 0 Å². The molecule has 0 radical (unpaired) electrons. The van der Waals surface area contributed by atoms with E-state index in [4.69, 9.17) is 0 Å². The Bertz CT molecular complexity index is 1010. The van der Waals surface area contributed by atoms with Crippen LogP contribution in [0.5, 0.6) is 0 Å². The first-order chi connectivity index (χ1) is 12.4. The van der Waals surface area contributed by atoms with Gasteiger partial charge in [0.2, 0.25) is 19.7 Å². The van der Waals surface area contributed by atoms with Gasteiger partial charge >= 0.3 is 0 Å². The van der Waals surface area contributed by atoms with Crippen molar-refractivity contribution in [3.63, 3.8) is 0 Å². The topological polar surface area (TPSA) is 68.3 Å². The molecule has 0 heterocycles. The quantitative estimate of drug-likeness (QED) is 0.751. The molecule has 3 aliphatic rings. The number of sulfone groups is 2. The van der Waals surface area contributed by atoms with Gasteiger partial charge in [0.05, 0.1) is 19.6 Å². The van der Waals surface area contributed by atoms with E-state index in [1.807, 2.05) is 12.2 Å². The third kappa shape index (κ3) is 2.64. The molecule has 0 saturated carbocycles. The first kappa shape index (κ1) is 17.2. The number of fused-ring (bicyclic) bond motifs is 1. The molecule has 0 fully saturated rings. The van der Waals surface area contributed by atoms with Crippen LogP contribution in [-0.4, -0.2) is 16.8 Å². The van der Waals surface area contributed by atoms with Crippen molar-refractivity contribution in [3.05, 3.63) is 82.6 Å². The Morgan fingerprint density at radius 3 is 1.23 bits per heavy atom. The molecule has 2 aromatic rings. The van der Waals surface area contributed by atoms with Crippen LogP contribution in [0.25, 0.3) is 0 Å². The Morgan fingerprint density at radius 1 is 0.577 bits per heavy atom. The summed E-state index contributed by atoms with van der Waals surface area (Å²) >= 11 is 0. The number of hydrogen-bond acceptors (Lipinski definition) is 4. The highest BCUT2D eigenvalue weighted by Gasteiger charge is 2.44. The van der Waals surface area contributed by atoms with Gasteiger partial charge in [-0.1, -0.05) is 48.6 Å². The van der Waals surface area contributed by atoms with Crippen LogP contribution in [0.15, 0.2) is 92.4 Å². The van der Waals surface area contributed by atoms with Gasteiger partial charge in [0, 0.05) is 11.8 Å². The normalized spacial score (nSPS) is 22.6. The summed E-state index contributed by atoms with van der Waals surface area (Å²) in [7, 11) is -7.77. The highest BCUT2D eigenvalue weighted by molar-refractivity contribution is 7.99. The Balaban J connectivity index is 1.99. The molecule has 4 nitrogen and oxygen atoms in total. The van der Waals surface area contributed by atoms with E-state index in [9.17, 15) is 16.8 Å². The molecule has 26 heavy (non-hydrogen) atoms. The Kier molecular flexibility index (Phi) is 4.12. The van der Waals surface area contributed by atoms with Gasteiger partial charge in [-0.05, 0) is 37.1 Å². The van der Waals surface area contributed by atoms with E-state index >= 15 is 0 Å². The maximum absolute atomic E-state index is 13.3. The molecule has 0 aliphatic heterocycles. The maximum Gasteiger partial charge on any atom is 0.204 e. The van der Waals surface area contributed by atoms with Crippen LogP contribution in [0.3, 0.4) is 0 Å². The number of rotatable bonds is 4. The summed E-state index contributed by atoms with van der Waals surface area (Å²) in [6, 6.07) is 16.1. The van der Waals surface area contributed by atoms with Crippen LogP contribution in [0.2, 0.25) is 0 Å². The fourth-order valence-corrected chi connectivity index (χ4v) is 7.96. The highest BCUT2D eigenvalue weighted by atomic mass is 32.2. The van der Waals surface area contributed by atoms with Crippen molar-refractivity contribution >= 4 is 19.7 Å². The molecule has 3 aliphatic carbocycles. The molecule has 2 bridgehead atoms. The van der Waals surface area contributed by atoms with E-state index < -0.39 is 31.5 Å². The Morgan fingerprint density at radius 2 is 0.923 bits per heavy atom. The van der Waals surface area contributed by atoms with Gasteiger partial charge < -0.3 is 0 Å². The minimum atomic E-state index is -3.88. The lowest BCUT2D eigenvalue weighted by molar-refractivity contribution is 0.496. The zero-order chi connectivity index (χ0) is 18.4. The van der Waals surface area contributed by atoms with Crippen LogP contribution in [-0.2, 0) is 19.7 Å². The van der Waals surface area contributed by atoms with E-state index in [0.717, 1.165) is 0 Å².